The Morgan fingerprint density at radius 3 is 2.42 bits per heavy atom. The van der Waals surface area contributed by atoms with Crippen molar-refractivity contribution in [3.63, 3.8) is 0 Å². The fraction of sp³-hybridized carbons (Fsp3) is 0.222. The van der Waals surface area contributed by atoms with Crippen molar-refractivity contribution < 1.29 is 32.4 Å². The molecule has 0 aromatic heterocycles. The molecule has 0 atom stereocenters. The summed E-state index contributed by atoms with van der Waals surface area (Å²) in [6.45, 7) is 0. The van der Waals surface area contributed by atoms with Crippen LogP contribution in [0.5, 0.6) is 5.75 Å². The molecule has 0 radical (unpaired) electrons. The lowest BCUT2D eigenvalue weighted by molar-refractivity contribution is -0.389. The lowest BCUT2D eigenvalue weighted by Gasteiger charge is -2.11. The zero-order chi connectivity index (χ0) is 14.8. The molecule has 10 heteroatoms. The Morgan fingerprint density at radius 2 is 2.00 bits per heavy atom. The zero-order valence-corrected chi connectivity index (χ0v) is 10.7. The first-order chi connectivity index (χ1) is 8.65. The molecular weight excluding hydrogens is 339 g/mol. The molecule has 0 unspecified atom stereocenters. The van der Waals surface area contributed by atoms with Gasteiger partial charge in [-0.3, -0.25) is 10.1 Å². The standard InChI is InChI=1S/C9H5BrF3NO5/c1-18-8(15)4-2-5(10)7(14(16)17)6(3-4)19-9(11,12)13/h2-3H,1H3. The maximum absolute atomic E-state index is 12.2. The third-order valence-electron chi connectivity index (χ3n) is 1.86. The van der Waals surface area contributed by atoms with E-state index in [0.717, 1.165) is 13.2 Å². The number of carbonyl (C=O) groups is 1. The number of hydrogen-bond acceptors (Lipinski definition) is 5. The molecule has 0 heterocycles. The monoisotopic (exact) mass is 343 g/mol. The van der Waals surface area contributed by atoms with Gasteiger partial charge in [0.05, 0.1) is 17.6 Å². The van der Waals surface area contributed by atoms with Gasteiger partial charge in [0.2, 0.25) is 5.75 Å². The van der Waals surface area contributed by atoms with Crippen LogP contribution in [0.1, 0.15) is 10.4 Å². The van der Waals surface area contributed by atoms with Crippen LogP contribution in [0.25, 0.3) is 0 Å². The first-order valence-electron chi connectivity index (χ1n) is 4.47. The van der Waals surface area contributed by atoms with Crippen molar-refractivity contribution in [1.29, 1.82) is 0 Å². The molecule has 19 heavy (non-hydrogen) atoms. The maximum atomic E-state index is 12.2. The number of benzene rings is 1. The lowest BCUT2D eigenvalue weighted by Crippen LogP contribution is -2.18. The van der Waals surface area contributed by atoms with Crippen LogP contribution in [0, 0.1) is 10.1 Å². The van der Waals surface area contributed by atoms with Crippen LogP contribution in [0.2, 0.25) is 0 Å². The topological polar surface area (TPSA) is 78.7 Å². The summed E-state index contributed by atoms with van der Waals surface area (Å²) in [5.74, 6) is -2.06. The van der Waals surface area contributed by atoms with Crippen LogP contribution in [-0.4, -0.2) is 24.4 Å². The Hall–Kier alpha value is -1.84. The van der Waals surface area contributed by atoms with E-state index in [9.17, 15) is 28.1 Å². The summed E-state index contributed by atoms with van der Waals surface area (Å²) in [6.07, 6.45) is -5.13. The van der Waals surface area contributed by atoms with Crippen LogP contribution in [-0.2, 0) is 4.74 Å². The number of esters is 1. The molecule has 0 aliphatic heterocycles. The average Bonchev–Trinajstić information content (AvgIpc) is 2.24. The second-order valence-corrected chi connectivity index (χ2v) is 3.96. The molecule has 0 fully saturated rings. The highest BCUT2D eigenvalue weighted by atomic mass is 79.9. The van der Waals surface area contributed by atoms with Gasteiger partial charge in [0.15, 0.2) is 0 Å². The van der Waals surface area contributed by atoms with Crippen LogP contribution in [0.3, 0.4) is 0 Å². The first kappa shape index (κ1) is 15.2. The summed E-state index contributed by atoms with van der Waals surface area (Å²) in [4.78, 5) is 20.8. The number of alkyl halides is 3. The van der Waals surface area contributed by atoms with Gasteiger partial charge in [0.1, 0.15) is 4.47 Å². The minimum atomic E-state index is -5.13. The molecule has 0 aliphatic rings. The van der Waals surface area contributed by atoms with Gasteiger partial charge in [-0.2, -0.15) is 0 Å². The van der Waals surface area contributed by atoms with Crippen molar-refractivity contribution in [2.45, 2.75) is 6.36 Å². The van der Waals surface area contributed by atoms with Crippen LogP contribution >= 0.6 is 15.9 Å². The van der Waals surface area contributed by atoms with Gasteiger partial charge in [-0.05, 0) is 22.0 Å². The Bertz CT molecular complexity index is 531. The number of nitro benzene ring substituents is 1. The van der Waals surface area contributed by atoms with Crippen LogP contribution < -0.4 is 4.74 Å². The molecule has 0 amide bonds. The van der Waals surface area contributed by atoms with Crippen LogP contribution in [0.15, 0.2) is 16.6 Å². The number of rotatable bonds is 3. The number of ether oxygens (including phenoxy) is 2. The fourth-order valence-corrected chi connectivity index (χ4v) is 1.78. The smallest absolute Gasteiger partial charge is 0.465 e. The molecule has 0 bridgehead atoms. The minimum Gasteiger partial charge on any atom is -0.465 e. The highest BCUT2D eigenvalue weighted by molar-refractivity contribution is 9.10. The number of halogens is 4. The largest absolute Gasteiger partial charge is 0.573 e. The average molecular weight is 344 g/mol. The predicted molar refractivity (Wildman–Crippen MR) is 58.8 cm³/mol. The van der Waals surface area contributed by atoms with E-state index in [-0.39, 0.29) is 10.0 Å². The molecule has 0 saturated carbocycles. The van der Waals surface area contributed by atoms with Gasteiger partial charge < -0.3 is 9.47 Å². The van der Waals surface area contributed by atoms with Crippen molar-refractivity contribution in [2.75, 3.05) is 7.11 Å². The second kappa shape index (κ2) is 5.43. The Balaban J connectivity index is 3.41. The van der Waals surface area contributed by atoms with Crippen molar-refractivity contribution in [1.82, 2.24) is 0 Å². The Kier molecular flexibility index (Phi) is 4.35. The van der Waals surface area contributed by atoms with E-state index in [1.165, 1.54) is 0 Å². The molecule has 0 saturated heterocycles. The third kappa shape index (κ3) is 3.81. The summed E-state index contributed by atoms with van der Waals surface area (Å²) < 4.78 is 44.0. The van der Waals surface area contributed by atoms with E-state index < -0.39 is 28.7 Å². The highest BCUT2D eigenvalue weighted by Gasteiger charge is 2.36. The highest BCUT2D eigenvalue weighted by Crippen LogP contribution is 2.39. The lowest BCUT2D eigenvalue weighted by atomic mass is 10.2. The molecule has 1 aromatic carbocycles. The van der Waals surface area contributed by atoms with E-state index in [2.05, 4.69) is 25.4 Å². The van der Waals surface area contributed by atoms with Gasteiger partial charge in [-0.15, -0.1) is 13.2 Å². The van der Waals surface area contributed by atoms with E-state index in [1.807, 2.05) is 0 Å². The normalized spacial score (nSPS) is 11.0. The number of methoxy groups -OCH3 is 1. The SMILES string of the molecule is COC(=O)c1cc(Br)c([N+](=O)[O-])c(OC(F)(F)F)c1. The van der Waals surface area contributed by atoms with Gasteiger partial charge in [-0.25, -0.2) is 4.79 Å². The van der Waals surface area contributed by atoms with E-state index >= 15 is 0 Å². The fourth-order valence-electron chi connectivity index (χ4n) is 1.19. The van der Waals surface area contributed by atoms with E-state index in [4.69, 9.17) is 0 Å². The number of nitro groups is 1. The number of carbonyl (C=O) groups excluding carboxylic acids is 1. The quantitative estimate of drug-likeness (QED) is 0.478. The predicted octanol–water partition coefficient (Wildman–Crippen LogP) is 3.04. The maximum Gasteiger partial charge on any atom is 0.573 e. The summed E-state index contributed by atoms with van der Waals surface area (Å²) in [7, 11) is 1.02. The van der Waals surface area contributed by atoms with Gasteiger partial charge in [0, 0.05) is 6.07 Å². The Labute approximate surface area is 112 Å². The Morgan fingerprint density at radius 1 is 1.42 bits per heavy atom. The van der Waals surface area contributed by atoms with Crippen molar-refractivity contribution >= 4 is 27.6 Å². The molecule has 0 spiro atoms. The summed E-state index contributed by atoms with van der Waals surface area (Å²) in [5, 5.41) is 10.7. The summed E-state index contributed by atoms with van der Waals surface area (Å²) in [6, 6.07) is 1.55. The second-order valence-electron chi connectivity index (χ2n) is 3.10. The van der Waals surface area contributed by atoms with Gasteiger partial charge in [-0.1, -0.05) is 0 Å². The van der Waals surface area contributed by atoms with E-state index in [1.54, 1.807) is 0 Å². The van der Waals surface area contributed by atoms with E-state index in [0.29, 0.717) is 6.07 Å². The van der Waals surface area contributed by atoms with Gasteiger partial charge >= 0.3 is 18.0 Å². The summed E-state index contributed by atoms with van der Waals surface area (Å²) >= 11 is 2.71. The first-order valence-corrected chi connectivity index (χ1v) is 5.27. The molecule has 1 aromatic rings. The van der Waals surface area contributed by atoms with Crippen LogP contribution in [0.4, 0.5) is 18.9 Å². The molecule has 0 N–H and O–H groups in total. The third-order valence-corrected chi connectivity index (χ3v) is 2.46. The molecule has 1 rings (SSSR count). The minimum absolute atomic E-state index is 0.320. The van der Waals surface area contributed by atoms with Gasteiger partial charge in [0.25, 0.3) is 0 Å². The summed E-state index contributed by atoms with van der Waals surface area (Å²) in [5.41, 5.74) is -1.26. The number of nitrogens with zero attached hydrogens (tertiary/aromatic N) is 1. The zero-order valence-electron chi connectivity index (χ0n) is 9.16. The molecule has 104 valence electrons. The van der Waals surface area contributed by atoms with Crippen molar-refractivity contribution in [2.24, 2.45) is 0 Å². The number of hydrogen-bond donors (Lipinski definition) is 0. The molecular formula is C9H5BrF3NO5. The molecule has 6 nitrogen and oxygen atoms in total. The molecule has 0 aliphatic carbocycles. The van der Waals surface area contributed by atoms with Crippen molar-refractivity contribution in [3.05, 3.63) is 32.3 Å². The van der Waals surface area contributed by atoms with Crippen molar-refractivity contribution in [3.8, 4) is 5.75 Å².